The van der Waals surface area contributed by atoms with Gasteiger partial charge >= 0.3 is 5.97 Å². The average Bonchev–Trinajstić information content (AvgIpc) is 2.92. The van der Waals surface area contributed by atoms with Gasteiger partial charge in [0.15, 0.2) is 0 Å². The molecule has 0 aliphatic heterocycles. The maximum absolute atomic E-state index is 11.7. The highest BCUT2D eigenvalue weighted by atomic mass is 32.1. The molecule has 0 saturated heterocycles. The number of thiazole rings is 1. The number of esters is 1. The molecule has 0 fully saturated rings. The van der Waals surface area contributed by atoms with Crippen molar-refractivity contribution in [2.45, 2.75) is 0 Å². The SMILES string of the molecule is COC(=O)c1ccc(NC(=O)c2cscn2)cc1. The molecule has 0 radical (unpaired) electrons. The lowest BCUT2D eigenvalue weighted by atomic mass is 10.2. The fourth-order valence-electron chi connectivity index (χ4n) is 1.33. The van der Waals surface area contributed by atoms with Crippen LogP contribution in [-0.2, 0) is 4.74 Å². The van der Waals surface area contributed by atoms with E-state index in [9.17, 15) is 9.59 Å². The van der Waals surface area contributed by atoms with Crippen LogP contribution in [0, 0.1) is 0 Å². The lowest BCUT2D eigenvalue weighted by Crippen LogP contribution is -2.12. The topological polar surface area (TPSA) is 68.3 Å². The molecule has 92 valence electrons. The zero-order chi connectivity index (χ0) is 13.0. The summed E-state index contributed by atoms with van der Waals surface area (Å²) in [4.78, 5) is 26.8. The minimum absolute atomic E-state index is 0.276. The third-order valence-corrected chi connectivity index (χ3v) is 2.82. The van der Waals surface area contributed by atoms with E-state index in [2.05, 4.69) is 15.0 Å². The van der Waals surface area contributed by atoms with Crippen molar-refractivity contribution in [1.29, 1.82) is 0 Å². The molecule has 5 nitrogen and oxygen atoms in total. The number of aromatic nitrogens is 1. The van der Waals surface area contributed by atoms with Gasteiger partial charge in [0.2, 0.25) is 0 Å². The second-order valence-corrected chi connectivity index (χ2v) is 4.12. The summed E-state index contributed by atoms with van der Waals surface area (Å²) >= 11 is 1.35. The van der Waals surface area contributed by atoms with Crippen LogP contribution in [0.1, 0.15) is 20.8 Å². The molecule has 0 atom stereocenters. The number of carbonyl (C=O) groups is 2. The molecule has 1 aromatic heterocycles. The number of nitrogens with zero attached hydrogens (tertiary/aromatic N) is 1. The number of hydrogen-bond donors (Lipinski definition) is 1. The summed E-state index contributed by atoms with van der Waals surface area (Å²) in [5.41, 5.74) is 3.00. The summed E-state index contributed by atoms with van der Waals surface area (Å²) in [6.45, 7) is 0. The second kappa shape index (κ2) is 5.42. The van der Waals surface area contributed by atoms with Gasteiger partial charge in [-0.25, -0.2) is 9.78 Å². The quantitative estimate of drug-likeness (QED) is 0.861. The van der Waals surface area contributed by atoms with Crippen molar-refractivity contribution < 1.29 is 14.3 Å². The number of amides is 1. The Hall–Kier alpha value is -2.21. The van der Waals surface area contributed by atoms with E-state index in [0.717, 1.165) is 0 Å². The third kappa shape index (κ3) is 2.72. The molecule has 0 unspecified atom stereocenters. The molecular formula is C12H10N2O3S. The molecule has 1 N–H and O–H groups in total. The van der Waals surface area contributed by atoms with Crippen molar-refractivity contribution in [3.63, 3.8) is 0 Å². The Balaban J connectivity index is 2.07. The molecule has 0 aliphatic carbocycles. The molecule has 0 bridgehead atoms. The molecule has 2 aromatic rings. The summed E-state index contributed by atoms with van der Waals surface area (Å²) in [5, 5.41) is 4.35. The summed E-state index contributed by atoms with van der Waals surface area (Å²) in [5.74, 6) is -0.686. The van der Waals surface area contributed by atoms with Gasteiger partial charge in [0.1, 0.15) is 5.69 Å². The maximum atomic E-state index is 11.7. The minimum Gasteiger partial charge on any atom is -0.465 e. The van der Waals surface area contributed by atoms with Crippen LogP contribution in [0.4, 0.5) is 5.69 Å². The molecular weight excluding hydrogens is 252 g/mol. The van der Waals surface area contributed by atoms with Gasteiger partial charge < -0.3 is 10.1 Å². The average molecular weight is 262 g/mol. The first-order valence-electron chi connectivity index (χ1n) is 5.08. The largest absolute Gasteiger partial charge is 0.465 e. The summed E-state index contributed by atoms with van der Waals surface area (Å²) in [6.07, 6.45) is 0. The highest BCUT2D eigenvalue weighted by Gasteiger charge is 2.09. The Labute approximate surface area is 107 Å². The predicted molar refractivity (Wildman–Crippen MR) is 67.8 cm³/mol. The number of benzene rings is 1. The van der Waals surface area contributed by atoms with Crippen molar-refractivity contribution in [2.75, 3.05) is 12.4 Å². The number of carbonyl (C=O) groups excluding carboxylic acids is 2. The number of nitrogens with one attached hydrogen (secondary N) is 1. The number of methoxy groups -OCH3 is 1. The Kier molecular flexibility index (Phi) is 3.69. The van der Waals surface area contributed by atoms with Gasteiger partial charge in [-0.1, -0.05) is 0 Å². The maximum Gasteiger partial charge on any atom is 0.337 e. The van der Waals surface area contributed by atoms with E-state index in [4.69, 9.17) is 0 Å². The van der Waals surface area contributed by atoms with Gasteiger partial charge in [-0.2, -0.15) is 0 Å². The second-order valence-electron chi connectivity index (χ2n) is 3.40. The van der Waals surface area contributed by atoms with E-state index >= 15 is 0 Å². The van der Waals surface area contributed by atoms with Gasteiger partial charge in [0, 0.05) is 11.1 Å². The first-order chi connectivity index (χ1) is 8.70. The molecule has 1 heterocycles. The smallest absolute Gasteiger partial charge is 0.337 e. The van der Waals surface area contributed by atoms with Crippen LogP contribution in [0.25, 0.3) is 0 Å². The van der Waals surface area contributed by atoms with Gasteiger partial charge in [0.05, 0.1) is 18.2 Å². The molecule has 0 saturated carbocycles. The first-order valence-corrected chi connectivity index (χ1v) is 6.03. The molecule has 1 amide bonds. The van der Waals surface area contributed by atoms with Gasteiger partial charge in [-0.3, -0.25) is 4.79 Å². The monoisotopic (exact) mass is 262 g/mol. The van der Waals surface area contributed by atoms with Gasteiger partial charge in [-0.05, 0) is 24.3 Å². The van der Waals surface area contributed by atoms with Crippen LogP contribution in [0.15, 0.2) is 35.2 Å². The van der Waals surface area contributed by atoms with Crippen LogP contribution in [0.2, 0.25) is 0 Å². The lowest BCUT2D eigenvalue weighted by molar-refractivity contribution is 0.0600. The van der Waals surface area contributed by atoms with E-state index in [-0.39, 0.29) is 5.91 Å². The Morgan fingerprint density at radius 1 is 1.28 bits per heavy atom. The fraction of sp³-hybridized carbons (Fsp3) is 0.0833. The normalized spacial score (nSPS) is 9.83. The highest BCUT2D eigenvalue weighted by Crippen LogP contribution is 2.12. The molecule has 6 heteroatoms. The first kappa shape index (κ1) is 12.3. The van der Waals surface area contributed by atoms with Crippen molar-refractivity contribution >= 4 is 28.9 Å². The van der Waals surface area contributed by atoms with Gasteiger partial charge in [-0.15, -0.1) is 11.3 Å². The lowest BCUT2D eigenvalue weighted by Gasteiger charge is -2.04. The zero-order valence-corrected chi connectivity index (χ0v) is 10.4. The van der Waals surface area contributed by atoms with Crippen molar-refractivity contribution in [1.82, 2.24) is 4.98 Å². The summed E-state index contributed by atoms with van der Waals surface area (Å²) in [6, 6.07) is 6.44. The number of rotatable bonds is 3. The molecule has 0 aliphatic rings. The van der Waals surface area contributed by atoms with Crippen molar-refractivity contribution in [3.8, 4) is 0 Å². The standard InChI is InChI=1S/C12H10N2O3S/c1-17-12(16)8-2-4-9(5-3-8)14-11(15)10-6-18-7-13-10/h2-7H,1H3,(H,14,15). The van der Waals surface area contributed by atoms with E-state index in [1.807, 2.05) is 0 Å². The molecule has 1 aromatic carbocycles. The van der Waals surface area contributed by atoms with E-state index in [1.165, 1.54) is 18.4 Å². The Morgan fingerprint density at radius 2 is 2.00 bits per heavy atom. The van der Waals surface area contributed by atoms with E-state index < -0.39 is 5.97 Å². The van der Waals surface area contributed by atoms with E-state index in [0.29, 0.717) is 16.9 Å². The Bertz CT molecular complexity index is 549. The summed E-state index contributed by atoms with van der Waals surface area (Å²) < 4.78 is 4.58. The Morgan fingerprint density at radius 3 is 2.56 bits per heavy atom. The molecule has 18 heavy (non-hydrogen) atoms. The number of ether oxygens (including phenoxy) is 1. The van der Waals surface area contributed by atoms with Crippen LogP contribution in [-0.4, -0.2) is 24.0 Å². The summed E-state index contributed by atoms with van der Waals surface area (Å²) in [7, 11) is 1.32. The van der Waals surface area contributed by atoms with Crippen LogP contribution in [0.3, 0.4) is 0 Å². The van der Waals surface area contributed by atoms with Crippen molar-refractivity contribution in [3.05, 3.63) is 46.4 Å². The highest BCUT2D eigenvalue weighted by molar-refractivity contribution is 7.07. The number of hydrogen-bond acceptors (Lipinski definition) is 5. The molecule has 2 rings (SSSR count). The number of anilines is 1. The van der Waals surface area contributed by atoms with E-state index in [1.54, 1.807) is 35.2 Å². The van der Waals surface area contributed by atoms with Crippen LogP contribution in [0.5, 0.6) is 0 Å². The minimum atomic E-state index is -0.410. The fourth-order valence-corrected chi connectivity index (χ4v) is 1.86. The van der Waals surface area contributed by atoms with Crippen LogP contribution >= 0.6 is 11.3 Å². The van der Waals surface area contributed by atoms with Crippen LogP contribution < -0.4 is 5.32 Å². The zero-order valence-electron chi connectivity index (χ0n) is 9.54. The predicted octanol–water partition coefficient (Wildman–Crippen LogP) is 2.18. The third-order valence-electron chi connectivity index (χ3n) is 2.23. The van der Waals surface area contributed by atoms with Crippen molar-refractivity contribution in [2.24, 2.45) is 0 Å². The van der Waals surface area contributed by atoms with Gasteiger partial charge in [0.25, 0.3) is 5.91 Å². The molecule has 0 spiro atoms.